The van der Waals surface area contributed by atoms with Gasteiger partial charge in [0.15, 0.2) is 9.84 Å². The molecule has 0 spiro atoms. The molecule has 178 valence electrons. The fraction of sp³-hybridized carbons (Fsp3) is 0.545. The summed E-state index contributed by atoms with van der Waals surface area (Å²) in [5.74, 6) is 0.849. The van der Waals surface area contributed by atoms with Crippen molar-refractivity contribution < 1.29 is 27.6 Å². The van der Waals surface area contributed by atoms with E-state index in [-0.39, 0.29) is 30.4 Å². The smallest absolute Gasteiger partial charge is 0.249 e. The van der Waals surface area contributed by atoms with Crippen molar-refractivity contribution in [2.24, 2.45) is 29.5 Å². The summed E-state index contributed by atoms with van der Waals surface area (Å²) in [6, 6.07) is 8.59. The van der Waals surface area contributed by atoms with Crippen molar-refractivity contribution in [2.75, 3.05) is 6.26 Å². The lowest BCUT2D eigenvalue weighted by Gasteiger charge is -2.41. The summed E-state index contributed by atoms with van der Waals surface area (Å²) in [6.07, 6.45) is 1.17. The third kappa shape index (κ3) is 4.97. The summed E-state index contributed by atoms with van der Waals surface area (Å²) in [6.45, 7) is 7.32. The van der Waals surface area contributed by atoms with E-state index in [1.807, 2.05) is 27.7 Å². The maximum absolute atomic E-state index is 13.5. The molecule has 2 rings (SSSR count). The van der Waals surface area contributed by atoms with Gasteiger partial charge in [-0.25, -0.2) is 19.7 Å². The molecule has 0 aliphatic rings. The van der Waals surface area contributed by atoms with Crippen LogP contribution in [-0.2, 0) is 24.2 Å². The van der Waals surface area contributed by atoms with E-state index in [0.717, 1.165) is 6.26 Å². The van der Waals surface area contributed by atoms with Gasteiger partial charge in [-0.3, -0.25) is 20.2 Å². The van der Waals surface area contributed by atoms with Crippen molar-refractivity contribution >= 4 is 32.6 Å². The summed E-state index contributed by atoms with van der Waals surface area (Å²) in [7, 11) is -4.09. The van der Waals surface area contributed by atoms with Gasteiger partial charge in [0.05, 0.1) is 11.8 Å². The molecule has 10 heteroatoms. The number of fused-ring (bicyclic) bond motifs is 1. The van der Waals surface area contributed by atoms with Crippen molar-refractivity contribution in [1.82, 2.24) is 10.9 Å². The Kier molecular flexibility index (Phi) is 8.08. The van der Waals surface area contributed by atoms with Crippen LogP contribution >= 0.6 is 0 Å². The van der Waals surface area contributed by atoms with E-state index in [9.17, 15) is 23.2 Å². The molecule has 5 N–H and O–H groups in total. The summed E-state index contributed by atoms with van der Waals surface area (Å²) in [5, 5.41) is 10.3. The zero-order chi connectivity index (χ0) is 24.3. The Labute approximate surface area is 188 Å². The number of nitrogens with two attached hydrogens (primary N) is 1. The first kappa shape index (κ1) is 25.8. The van der Waals surface area contributed by atoms with Gasteiger partial charge in [0, 0.05) is 11.6 Å². The van der Waals surface area contributed by atoms with Crippen LogP contribution in [0.25, 0.3) is 11.0 Å². The van der Waals surface area contributed by atoms with Crippen LogP contribution in [0.2, 0.25) is 0 Å². The average Bonchev–Trinajstić information content (AvgIpc) is 3.14. The molecule has 0 saturated heterocycles. The minimum atomic E-state index is -4.09. The van der Waals surface area contributed by atoms with Crippen LogP contribution in [-0.4, -0.2) is 31.7 Å². The Hall–Kier alpha value is -2.43. The topological polar surface area (TPSA) is 152 Å². The molecule has 32 heavy (non-hydrogen) atoms. The number of para-hydroxylation sites is 1. The lowest BCUT2D eigenvalue weighted by atomic mass is 9.72. The number of rotatable bonds is 10. The van der Waals surface area contributed by atoms with E-state index in [1.54, 1.807) is 35.8 Å². The number of carbonyl (C=O) groups is 2. The second kappa shape index (κ2) is 10.0. The second-order valence-corrected chi connectivity index (χ2v) is 11.4. The monoisotopic (exact) mass is 467 g/mol. The Balaban J connectivity index is 2.97. The maximum Gasteiger partial charge on any atom is 0.249 e. The Morgan fingerprint density at radius 2 is 1.75 bits per heavy atom. The van der Waals surface area contributed by atoms with Crippen molar-refractivity contribution in [3.05, 3.63) is 36.1 Å². The van der Waals surface area contributed by atoms with E-state index in [4.69, 9.17) is 10.3 Å². The van der Waals surface area contributed by atoms with Crippen molar-refractivity contribution in [3.63, 3.8) is 0 Å². The van der Waals surface area contributed by atoms with Gasteiger partial charge in [0.25, 0.3) is 0 Å². The molecule has 9 nitrogen and oxygen atoms in total. The standard InChI is InChI=1S/C22H33N3O6S/c1-13(2)10-16(20(26)24-23)19(21(27)25-28)22(12-14(3)4,32(5,29)30)18-11-15-8-6-7-9-17(15)31-18/h6-9,11,13-14,16,19,28H,10,12,23H2,1-5H3,(H,24,26)(H,25,27)/t16-,19+,22?/m1/s1. The average molecular weight is 468 g/mol. The zero-order valence-corrected chi connectivity index (χ0v) is 19.9. The number of hydroxylamine groups is 1. The van der Waals surface area contributed by atoms with Gasteiger partial charge >= 0.3 is 0 Å². The van der Waals surface area contributed by atoms with Gasteiger partial charge in [0.1, 0.15) is 16.1 Å². The number of benzene rings is 1. The molecule has 0 radical (unpaired) electrons. The predicted octanol–water partition coefficient (Wildman–Crippen LogP) is 2.49. The normalized spacial score (nSPS) is 16.0. The summed E-state index contributed by atoms with van der Waals surface area (Å²) >= 11 is 0. The molecule has 1 heterocycles. The molecule has 1 aromatic carbocycles. The molecule has 0 aliphatic heterocycles. The number of amides is 2. The Morgan fingerprint density at radius 1 is 1.12 bits per heavy atom. The van der Waals surface area contributed by atoms with E-state index in [0.29, 0.717) is 11.0 Å². The van der Waals surface area contributed by atoms with Crippen molar-refractivity contribution in [3.8, 4) is 0 Å². The van der Waals surface area contributed by atoms with E-state index < -0.39 is 38.2 Å². The predicted molar refractivity (Wildman–Crippen MR) is 121 cm³/mol. The molecular formula is C22H33N3O6S. The zero-order valence-electron chi connectivity index (χ0n) is 19.1. The molecular weight excluding hydrogens is 434 g/mol. The van der Waals surface area contributed by atoms with Gasteiger partial charge in [-0.2, -0.15) is 0 Å². The van der Waals surface area contributed by atoms with Crippen LogP contribution in [0.4, 0.5) is 0 Å². The first-order valence-electron chi connectivity index (χ1n) is 10.5. The van der Waals surface area contributed by atoms with Gasteiger partial charge in [-0.1, -0.05) is 45.9 Å². The van der Waals surface area contributed by atoms with E-state index in [2.05, 4.69) is 5.43 Å². The van der Waals surface area contributed by atoms with Crippen molar-refractivity contribution in [1.29, 1.82) is 0 Å². The number of hydrogen-bond donors (Lipinski definition) is 4. The van der Waals surface area contributed by atoms with Crippen LogP contribution in [0, 0.1) is 23.7 Å². The maximum atomic E-state index is 13.5. The number of hydrazine groups is 1. The molecule has 0 bridgehead atoms. The summed E-state index contributed by atoms with van der Waals surface area (Å²) < 4.78 is 31.2. The minimum Gasteiger partial charge on any atom is -0.459 e. The summed E-state index contributed by atoms with van der Waals surface area (Å²) in [5.41, 5.74) is 4.09. The highest BCUT2D eigenvalue weighted by Crippen LogP contribution is 2.49. The fourth-order valence-electron chi connectivity index (χ4n) is 4.54. The van der Waals surface area contributed by atoms with Gasteiger partial charge in [-0.05, 0) is 36.8 Å². The number of nitrogens with one attached hydrogen (secondary N) is 2. The lowest BCUT2D eigenvalue weighted by Crippen LogP contribution is -2.56. The molecule has 0 fully saturated rings. The second-order valence-electron chi connectivity index (χ2n) is 9.11. The first-order chi connectivity index (χ1) is 14.9. The Bertz CT molecular complexity index is 1030. The van der Waals surface area contributed by atoms with Crippen LogP contribution < -0.4 is 16.7 Å². The van der Waals surface area contributed by atoms with E-state index >= 15 is 0 Å². The molecule has 0 saturated carbocycles. The van der Waals surface area contributed by atoms with Crippen LogP contribution in [0.5, 0.6) is 0 Å². The first-order valence-corrected chi connectivity index (χ1v) is 12.4. The quantitative estimate of drug-likeness (QED) is 0.181. The lowest BCUT2D eigenvalue weighted by molar-refractivity contribution is -0.143. The third-order valence-electron chi connectivity index (χ3n) is 5.72. The molecule has 2 aromatic rings. The highest BCUT2D eigenvalue weighted by molar-refractivity contribution is 7.91. The summed E-state index contributed by atoms with van der Waals surface area (Å²) in [4.78, 5) is 26.0. The van der Waals surface area contributed by atoms with E-state index in [1.165, 1.54) is 0 Å². The highest BCUT2D eigenvalue weighted by atomic mass is 32.2. The fourth-order valence-corrected chi connectivity index (χ4v) is 6.38. The number of furan rings is 1. The third-order valence-corrected chi connectivity index (χ3v) is 7.66. The number of hydrogen-bond acceptors (Lipinski definition) is 7. The highest BCUT2D eigenvalue weighted by Gasteiger charge is 2.59. The van der Waals surface area contributed by atoms with Crippen LogP contribution in [0.3, 0.4) is 0 Å². The molecule has 3 atom stereocenters. The molecule has 2 amide bonds. The van der Waals surface area contributed by atoms with Gasteiger partial charge in [0.2, 0.25) is 11.8 Å². The van der Waals surface area contributed by atoms with Gasteiger partial charge < -0.3 is 4.42 Å². The van der Waals surface area contributed by atoms with Gasteiger partial charge in [-0.15, -0.1) is 0 Å². The largest absolute Gasteiger partial charge is 0.459 e. The van der Waals surface area contributed by atoms with Crippen LogP contribution in [0.15, 0.2) is 34.7 Å². The number of sulfone groups is 1. The minimum absolute atomic E-state index is 0.0177. The Morgan fingerprint density at radius 3 is 2.22 bits per heavy atom. The van der Waals surface area contributed by atoms with Crippen molar-refractivity contribution in [2.45, 2.75) is 45.3 Å². The number of carbonyl (C=O) groups excluding carboxylic acids is 2. The van der Waals surface area contributed by atoms with Crippen LogP contribution in [0.1, 0.15) is 46.3 Å². The SMILES string of the molecule is CC(C)C[C@@H](C(=O)NN)[C@@H](C(=O)NO)C(CC(C)C)(c1cc2ccccc2o1)S(C)(=O)=O. The molecule has 0 aliphatic carbocycles. The molecule has 1 aromatic heterocycles. The molecule has 1 unspecified atom stereocenters.